The molecule has 0 radical (unpaired) electrons. The molecule has 1 heterocycles. The number of ether oxygens (including phenoxy) is 1. The number of aryl methyl sites for hydroxylation is 1. The SMILES string of the molecule is Cc1cc(CO)cc(S(=O)(=O)NCC2CCOCC2)c1C. The van der Waals surface area contributed by atoms with Crippen LogP contribution in [0, 0.1) is 19.8 Å². The summed E-state index contributed by atoms with van der Waals surface area (Å²) >= 11 is 0. The Morgan fingerprint density at radius 3 is 2.57 bits per heavy atom. The zero-order valence-electron chi connectivity index (χ0n) is 12.6. The van der Waals surface area contributed by atoms with Crippen LogP contribution in [-0.4, -0.2) is 33.3 Å². The third-order valence-corrected chi connectivity index (χ3v) is 5.60. The maximum absolute atomic E-state index is 12.5. The number of aliphatic hydroxyl groups excluding tert-OH is 1. The summed E-state index contributed by atoms with van der Waals surface area (Å²) in [6, 6.07) is 3.36. The topological polar surface area (TPSA) is 75.6 Å². The number of nitrogens with one attached hydrogen (secondary N) is 1. The van der Waals surface area contributed by atoms with Gasteiger partial charge in [0.25, 0.3) is 0 Å². The Morgan fingerprint density at radius 2 is 1.95 bits per heavy atom. The second kappa shape index (κ2) is 6.87. The summed E-state index contributed by atoms with van der Waals surface area (Å²) in [7, 11) is -3.55. The smallest absolute Gasteiger partial charge is 0.240 e. The molecule has 2 N–H and O–H groups in total. The van der Waals surface area contributed by atoms with E-state index >= 15 is 0 Å². The van der Waals surface area contributed by atoms with Crippen LogP contribution in [0.15, 0.2) is 17.0 Å². The highest BCUT2D eigenvalue weighted by atomic mass is 32.2. The van der Waals surface area contributed by atoms with Crippen molar-refractivity contribution in [2.45, 2.75) is 38.2 Å². The Balaban J connectivity index is 2.16. The predicted molar refractivity (Wildman–Crippen MR) is 80.6 cm³/mol. The Bertz CT molecular complexity index is 592. The van der Waals surface area contributed by atoms with E-state index in [0.717, 1.165) is 24.0 Å². The average molecular weight is 313 g/mol. The quantitative estimate of drug-likeness (QED) is 0.864. The Morgan fingerprint density at radius 1 is 1.29 bits per heavy atom. The molecule has 1 saturated heterocycles. The first-order valence-corrected chi connectivity index (χ1v) is 8.70. The first-order chi connectivity index (χ1) is 9.94. The van der Waals surface area contributed by atoms with E-state index in [2.05, 4.69) is 4.72 Å². The molecule has 5 nitrogen and oxygen atoms in total. The minimum atomic E-state index is -3.55. The van der Waals surface area contributed by atoms with Gasteiger partial charge in [-0.25, -0.2) is 13.1 Å². The highest BCUT2D eigenvalue weighted by Crippen LogP contribution is 2.22. The van der Waals surface area contributed by atoms with Crippen molar-refractivity contribution < 1.29 is 18.3 Å². The lowest BCUT2D eigenvalue weighted by atomic mass is 10.0. The summed E-state index contributed by atoms with van der Waals surface area (Å²) in [5.74, 6) is 0.330. The molecule has 0 atom stereocenters. The molecule has 0 saturated carbocycles. The molecule has 0 unspecified atom stereocenters. The molecule has 0 aromatic heterocycles. The largest absolute Gasteiger partial charge is 0.392 e. The number of aliphatic hydroxyl groups is 1. The number of sulfonamides is 1. The fourth-order valence-corrected chi connectivity index (χ4v) is 4.01. The molecular formula is C15H23NO4S. The molecule has 118 valence electrons. The summed E-state index contributed by atoms with van der Waals surface area (Å²) in [5.41, 5.74) is 2.21. The van der Waals surface area contributed by atoms with Gasteiger partial charge < -0.3 is 9.84 Å². The highest BCUT2D eigenvalue weighted by molar-refractivity contribution is 7.89. The van der Waals surface area contributed by atoms with Crippen LogP contribution >= 0.6 is 0 Å². The third-order valence-electron chi connectivity index (χ3n) is 4.05. The van der Waals surface area contributed by atoms with Gasteiger partial charge >= 0.3 is 0 Å². The van der Waals surface area contributed by atoms with Gasteiger partial charge in [-0.05, 0) is 55.4 Å². The summed E-state index contributed by atoms with van der Waals surface area (Å²) in [5, 5.41) is 9.25. The molecule has 6 heteroatoms. The van der Waals surface area contributed by atoms with Crippen molar-refractivity contribution in [2.24, 2.45) is 5.92 Å². The third kappa shape index (κ3) is 4.03. The second-order valence-electron chi connectivity index (χ2n) is 5.60. The molecule has 1 aromatic carbocycles. The van der Waals surface area contributed by atoms with Gasteiger partial charge in [-0.15, -0.1) is 0 Å². The predicted octanol–water partition coefficient (Wildman–Crippen LogP) is 1.50. The minimum absolute atomic E-state index is 0.163. The van der Waals surface area contributed by atoms with E-state index in [9.17, 15) is 13.5 Å². The van der Waals surface area contributed by atoms with Gasteiger partial charge in [0.2, 0.25) is 10.0 Å². The van der Waals surface area contributed by atoms with Crippen LogP contribution < -0.4 is 4.72 Å². The normalized spacial score (nSPS) is 17.1. The van der Waals surface area contributed by atoms with Gasteiger partial charge in [0.1, 0.15) is 0 Å². The van der Waals surface area contributed by atoms with Gasteiger partial charge in [-0.3, -0.25) is 0 Å². The highest BCUT2D eigenvalue weighted by Gasteiger charge is 2.21. The van der Waals surface area contributed by atoms with Crippen LogP contribution in [0.3, 0.4) is 0 Å². The summed E-state index contributed by atoms with van der Waals surface area (Å²) in [6.45, 7) is 5.32. The van der Waals surface area contributed by atoms with Crippen LogP contribution in [0.4, 0.5) is 0 Å². The second-order valence-corrected chi connectivity index (χ2v) is 7.34. The van der Waals surface area contributed by atoms with Crippen molar-refractivity contribution in [3.8, 4) is 0 Å². The Kier molecular flexibility index (Phi) is 5.37. The van der Waals surface area contributed by atoms with Crippen LogP contribution in [-0.2, 0) is 21.4 Å². The summed E-state index contributed by atoms with van der Waals surface area (Å²) in [6.07, 6.45) is 1.77. The van der Waals surface area contributed by atoms with Gasteiger partial charge in [-0.1, -0.05) is 6.07 Å². The molecule has 0 aliphatic carbocycles. The van der Waals surface area contributed by atoms with Gasteiger partial charge in [0, 0.05) is 19.8 Å². The maximum atomic E-state index is 12.5. The van der Waals surface area contributed by atoms with Crippen molar-refractivity contribution in [3.63, 3.8) is 0 Å². The molecule has 1 aliphatic rings. The van der Waals surface area contributed by atoms with Crippen molar-refractivity contribution >= 4 is 10.0 Å². The number of rotatable bonds is 5. The zero-order chi connectivity index (χ0) is 15.5. The standard InChI is InChI=1S/C15H23NO4S/c1-11-7-14(10-17)8-15(12(11)2)21(18,19)16-9-13-3-5-20-6-4-13/h7-8,13,16-17H,3-6,9-10H2,1-2H3. The molecule has 1 fully saturated rings. The van der Waals surface area contributed by atoms with E-state index < -0.39 is 10.0 Å². The molecule has 0 spiro atoms. The van der Waals surface area contributed by atoms with Crippen molar-refractivity contribution in [1.82, 2.24) is 4.72 Å². The zero-order valence-corrected chi connectivity index (χ0v) is 13.4. The van der Waals surface area contributed by atoms with E-state index in [1.54, 1.807) is 13.0 Å². The monoisotopic (exact) mass is 313 g/mol. The van der Waals surface area contributed by atoms with Crippen LogP contribution in [0.25, 0.3) is 0 Å². The number of benzene rings is 1. The molecule has 1 aliphatic heterocycles. The summed E-state index contributed by atoms with van der Waals surface area (Å²) in [4.78, 5) is 0.263. The van der Waals surface area contributed by atoms with Crippen molar-refractivity contribution in [3.05, 3.63) is 28.8 Å². The first-order valence-electron chi connectivity index (χ1n) is 7.22. The van der Waals surface area contributed by atoms with Crippen LogP contribution in [0.2, 0.25) is 0 Å². The molecule has 21 heavy (non-hydrogen) atoms. The first kappa shape index (κ1) is 16.4. The minimum Gasteiger partial charge on any atom is -0.392 e. The average Bonchev–Trinajstić information content (AvgIpc) is 2.48. The van der Waals surface area contributed by atoms with Gasteiger partial charge in [0.15, 0.2) is 0 Å². The fraction of sp³-hybridized carbons (Fsp3) is 0.600. The lowest BCUT2D eigenvalue weighted by Gasteiger charge is -2.22. The molecular weight excluding hydrogens is 290 g/mol. The Labute approximate surface area is 126 Å². The van der Waals surface area contributed by atoms with E-state index in [-0.39, 0.29) is 11.5 Å². The van der Waals surface area contributed by atoms with Crippen molar-refractivity contribution in [2.75, 3.05) is 19.8 Å². The van der Waals surface area contributed by atoms with Gasteiger partial charge in [-0.2, -0.15) is 0 Å². The molecule has 1 aromatic rings. The van der Waals surface area contributed by atoms with E-state index in [0.29, 0.717) is 31.2 Å². The van der Waals surface area contributed by atoms with E-state index in [1.807, 2.05) is 13.0 Å². The van der Waals surface area contributed by atoms with Crippen molar-refractivity contribution in [1.29, 1.82) is 0 Å². The van der Waals surface area contributed by atoms with E-state index in [4.69, 9.17) is 4.74 Å². The molecule has 2 rings (SSSR count). The maximum Gasteiger partial charge on any atom is 0.240 e. The van der Waals surface area contributed by atoms with E-state index in [1.165, 1.54) is 0 Å². The lowest BCUT2D eigenvalue weighted by Crippen LogP contribution is -2.32. The molecule has 0 bridgehead atoms. The lowest BCUT2D eigenvalue weighted by molar-refractivity contribution is 0.0678. The van der Waals surface area contributed by atoms with Crippen LogP contribution in [0.1, 0.15) is 29.5 Å². The number of hydrogen-bond donors (Lipinski definition) is 2. The van der Waals surface area contributed by atoms with Crippen LogP contribution in [0.5, 0.6) is 0 Å². The van der Waals surface area contributed by atoms with Gasteiger partial charge in [0.05, 0.1) is 11.5 Å². The molecule has 0 amide bonds. The summed E-state index contributed by atoms with van der Waals surface area (Å²) < 4.78 is 33.0. The Hall–Kier alpha value is -0.950. The number of hydrogen-bond acceptors (Lipinski definition) is 4. The fourth-order valence-electron chi connectivity index (χ4n) is 2.53.